The lowest BCUT2D eigenvalue weighted by molar-refractivity contribution is 1.10. The topological polar surface area (TPSA) is 34.1 Å². The molecule has 0 fully saturated rings. The predicted molar refractivity (Wildman–Crippen MR) is 155 cm³/mol. The molecule has 0 atom stereocenters. The third-order valence-corrected chi connectivity index (χ3v) is 8.79. The minimum absolute atomic E-state index is 0.0619. The number of rotatable bonds is 2. The first-order valence-corrected chi connectivity index (χ1v) is 13.6. The first-order chi connectivity index (χ1) is 17.0. The van der Waals surface area contributed by atoms with Crippen LogP contribution in [-0.4, -0.2) is 0 Å². The van der Waals surface area contributed by atoms with Gasteiger partial charge in [-0.25, -0.2) is 0 Å². The first kappa shape index (κ1) is 23.7. The van der Waals surface area contributed by atoms with Gasteiger partial charge in [-0.2, -0.15) is 0 Å². The van der Waals surface area contributed by atoms with Crippen LogP contribution >= 0.6 is 34.3 Å². The van der Waals surface area contributed by atoms with Crippen LogP contribution in [-0.2, 0) is 12.8 Å². The Hall–Kier alpha value is -3.05. The van der Waals surface area contributed by atoms with Crippen molar-refractivity contribution in [3.63, 3.8) is 0 Å². The van der Waals surface area contributed by atoms with Crippen LogP contribution in [0.5, 0.6) is 0 Å². The van der Waals surface area contributed by atoms with Gasteiger partial charge >= 0.3 is 0 Å². The SMILES string of the molecule is CCc1cc(CC)c2sc3ccccc3c(=O)c2c1.O=c1c2ccccc2sc2ccc(Cl)cc12. The van der Waals surface area contributed by atoms with Crippen molar-refractivity contribution in [1.29, 1.82) is 0 Å². The Morgan fingerprint density at radius 1 is 0.629 bits per heavy atom. The summed E-state index contributed by atoms with van der Waals surface area (Å²) in [5.74, 6) is 0. The van der Waals surface area contributed by atoms with Crippen LogP contribution in [0.25, 0.3) is 40.3 Å². The zero-order valence-corrected chi connectivity index (χ0v) is 21.8. The van der Waals surface area contributed by atoms with Crippen LogP contribution in [0.2, 0.25) is 5.02 Å². The zero-order valence-electron chi connectivity index (χ0n) is 19.4. The minimum atomic E-state index is 0.0619. The molecular weight excluding hydrogens is 492 g/mol. The first-order valence-electron chi connectivity index (χ1n) is 11.6. The Morgan fingerprint density at radius 2 is 1.23 bits per heavy atom. The Kier molecular flexibility index (Phi) is 6.70. The number of halogens is 1. The monoisotopic (exact) mass is 514 g/mol. The molecule has 6 rings (SSSR count). The van der Waals surface area contributed by atoms with E-state index < -0.39 is 0 Å². The van der Waals surface area contributed by atoms with Crippen molar-refractivity contribution in [1.82, 2.24) is 0 Å². The molecule has 35 heavy (non-hydrogen) atoms. The minimum Gasteiger partial charge on any atom is -0.289 e. The molecular formula is C30H23ClO2S2. The fourth-order valence-electron chi connectivity index (χ4n) is 4.28. The fourth-order valence-corrected chi connectivity index (χ4v) is 6.74. The van der Waals surface area contributed by atoms with E-state index in [0.29, 0.717) is 10.4 Å². The van der Waals surface area contributed by atoms with Crippen molar-refractivity contribution < 1.29 is 0 Å². The van der Waals surface area contributed by atoms with E-state index in [4.69, 9.17) is 11.6 Å². The van der Waals surface area contributed by atoms with E-state index in [9.17, 15) is 9.59 Å². The Labute approximate surface area is 216 Å². The molecule has 0 unspecified atom stereocenters. The molecule has 5 heteroatoms. The van der Waals surface area contributed by atoms with Crippen molar-refractivity contribution in [3.05, 3.63) is 115 Å². The summed E-state index contributed by atoms with van der Waals surface area (Å²) in [7, 11) is 0. The third kappa shape index (κ3) is 4.50. The van der Waals surface area contributed by atoms with Crippen molar-refractivity contribution in [3.8, 4) is 0 Å². The molecule has 4 aromatic carbocycles. The Balaban J connectivity index is 0.000000147. The number of aryl methyl sites for hydroxylation is 2. The van der Waals surface area contributed by atoms with Gasteiger partial charge in [-0.15, -0.1) is 22.7 Å². The molecule has 0 aliphatic rings. The maximum Gasteiger partial charge on any atom is 0.195 e. The summed E-state index contributed by atoms with van der Waals surface area (Å²) in [6, 6.07) is 25.3. The normalized spacial score (nSPS) is 11.2. The van der Waals surface area contributed by atoms with Crippen LogP contribution in [0.1, 0.15) is 25.0 Å². The highest BCUT2D eigenvalue weighted by Gasteiger charge is 2.10. The molecule has 0 aliphatic heterocycles. The zero-order chi connectivity index (χ0) is 24.5. The second-order valence-corrected chi connectivity index (χ2v) is 10.9. The van der Waals surface area contributed by atoms with Crippen molar-refractivity contribution in [2.75, 3.05) is 0 Å². The van der Waals surface area contributed by atoms with Gasteiger partial charge in [0.1, 0.15) is 0 Å². The average Bonchev–Trinajstić information content (AvgIpc) is 2.89. The van der Waals surface area contributed by atoms with Gasteiger partial charge in [0.05, 0.1) is 0 Å². The maximum absolute atomic E-state index is 12.6. The van der Waals surface area contributed by atoms with E-state index >= 15 is 0 Å². The average molecular weight is 515 g/mol. The van der Waals surface area contributed by atoms with Crippen molar-refractivity contribution in [2.24, 2.45) is 0 Å². The molecule has 2 aromatic heterocycles. The molecule has 2 nitrogen and oxygen atoms in total. The molecule has 0 aliphatic carbocycles. The second-order valence-electron chi connectivity index (χ2n) is 8.33. The lowest BCUT2D eigenvalue weighted by atomic mass is 10.0. The highest BCUT2D eigenvalue weighted by atomic mass is 35.5. The van der Waals surface area contributed by atoms with Crippen LogP contribution in [0.3, 0.4) is 0 Å². The summed E-state index contributed by atoms with van der Waals surface area (Å²) in [6.45, 7) is 4.29. The second kappa shape index (κ2) is 9.90. The molecule has 2 heterocycles. The van der Waals surface area contributed by atoms with Gasteiger partial charge in [0.2, 0.25) is 0 Å². The molecule has 0 radical (unpaired) electrons. The van der Waals surface area contributed by atoms with Gasteiger partial charge in [-0.05, 0) is 72.5 Å². The highest BCUT2D eigenvalue weighted by Crippen LogP contribution is 2.29. The number of hydrogen-bond donors (Lipinski definition) is 0. The molecule has 174 valence electrons. The Bertz CT molecular complexity index is 1830. The fraction of sp³-hybridized carbons (Fsp3) is 0.133. The summed E-state index contributed by atoms with van der Waals surface area (Å²) < 4.78 is 4.23. The molecule has 0 saturated carbocycles. The van der Waals surface area contributed by atoms with Crippen LogP contribution in [0.15, 0.2) is 88.5 Å². The molecule has 0 spiro atoms. The predicted octanol–water partition coefficient (Wildman–Crippen LogP) is 8.61. The lowest BCUT2D eigenvalue weighted by Gasteiger charge is -2.08. The van der Waals surface area contributed by atoms with Crippen LogP contribution in [0, 0.1) is 0 Å². The summed E-state index contributed by atoms with van der Waals surface area (Å²) in [5, 5.41) is 3.81. The van der Waals surface area contributed by atoms with E-state index in [0.717, 1.165) is 47.8 Å². The molecule has 0 bridgehead atoms. The van der Waals surface area contributed by atoms with Crippen molar-refractivity contribution in [2.45, 2.75) is 26.7 Å². The summed E-state index contributed by atoms with van der Waals surface area (Å²) in [6.07, 6.45) is 1.94. The number of fused-ring (bicyclic) bond motifs is 4. The van der Waals surface area contributed by atoms with Gasteiger partial charge in [0.15, 0.2) is 10.9 Å². The highest BCUT2D eigenvalue weighted by molar-refractivity contribution is 7.25. The molecule has 6 aromatic rings. The van der Waals surface area contributed by atoms with Gasteiger partial charge in [-0.1, -0.05) is 55.8 Å². The van der Waals surface area contributed by atoms with Gasteiger partial charge in [0, 0.05) is 45.4 Å². The number of hydrogen-bond acceptors (Lipinski definition) is 4. The van der Waals surface area contributed by atoms with E-state index in [2.05, 4.69) is 26.0 Å². The molecule has 0 saturated heterocycles. The van der Waals surface area contributed by atoms with E-state index in [-0.39, 0.29) is 10.9 Å². The lowest BCUT2D eigenvalue weighted by Crippen LogP contribution is -2.03. The summed E-state index contributed by atoms with van der Waals surface area (Å²) in [5.41, 5.74) is 2.78. The van der Waals surface area contributed by atoms with E-state index in [1.54, 1.807) is 28.7 Å². The maximum atomic E-state index is 12.6. The quantitative estimate of drug-likeness (QED) is 0.217. The van der Waals surface area contributed by atoms with E-state index in [1.807, 2.05) is 60.7 Å². The summed E-state index contributed by atoms with van der Waals surface area (Å²) >= 11 is 9.26. The standard InChI is InChI=1S/C17H16OS.C13H7ClOS/c1-3-11-9-12(4-2)17-14(10-11)16(18)13-7-5-6-8-15(13)19-17;14-8-5-6-12-10(7-8)13(15)9-3-1-2-4-11(9)16-12/h5-10H,3-4H2,1-2H3;1-7H. The molecule has 0 amide bonds. The molecule has 0 N–H and O–H groups in total. The smallest absolute Gasteiger partial charge is 0.195 e. The van der Waals surface area contributed by atoms with Gasteiger partial charge in [0.25, 0.3) is 0 Å². The third-order valence-electron chi connectivity index (χ3n) is 6.14. The van der Waals surface area contributed by atoms with Gasteiger partial charge < -0.3 is 0 Å². The van der Waals surface area contributed by atoms with Crippen LogP contribution < -0.4 is 10.9 Å². The number of benzene rings is 4. The van der Waals surface area contributed by atoms with Crippen molar-refractivity contribution >= 4 is 74.6 Å². The largest absolute Gasteiger partial charge is 0.289 e. The van der Waals surface area contributed by atoms with E-state index in [1.165, 1.54) is 11.1 Å². The van der Waals surface area contributed by atoms with Gasteiger partial charge in [-0.3, -0.25) is 9.59 Å². The Morgan fingerprint density at radius 3 is 1.89 bits per heavy atom. The van der Waals surface area contributed by atoms with Crippen LogP contribution in [0.4, 0.5) is 0 Å². The summed E-state index contributed by atoms with van der Waals surface area (Å²) in [4.78, 5) is 24.8.